The van der Waals surface area contributed by atoms with E-state index < -0.39 is 0 Å². The first-order valence-corrected chi connectivity index (χ1v) is 6.54. The zero-order valence-electron chi connectivity index (χ0n) is 11.2. The van der Waals surface area contributed by atoms with Crippen molar-refractivity contribution in [2.45, 2.75) is 26.8 Å². The lowest BCUT2D eigenvalue weighted by Gasteiger charge is -2.14. The molecule has 100 valence electrons. The predicted molar refractivity (Wildman–Crippen MR) is 71.8 cm³/mol. The van der Waals surface area contributed by atoms with Crippen molar-refractivity contribution < 1.29 is 9.47 Å². The van der Waals surface area contributed by atoms with Gasteiger partial charge in [0.05, 0.1) is 0 Å². The summed E-state index contributed by atoms with van der Waals surface area (Å²) in [6, 6.07) is 4.10. The van der Waals surface area contributed by atoms with Crippen LogP contribution in [0.15, 0.2) is 12.1 Å². The fourth-order valence-electron chi connectivity index (χ4n) is 2.08. The largest absolute Gasteiger partial charge is 0.454 e. The Bertz CT molecular complexity index is 403. The molecule has 1 heterocycles. The second kappa shape index (κ2) is 6.07. The highest BCUT2D eigenvalue weighted by Gasteiger charge is 2.15. The molecule has 0 saturated heterocycles. The van der Waals surface area contributed by atoms with Gasteiger partial charge in [-0.05, 0) is 49.2 Å². The Morgan fingerprint density at radius 1 is 1.33 bits per heavy atom. The van der Waals surface area contributed by atoms with E-state index in [0.29, 0.717) is 12.7 Å². The quantitative estimate of drug-likeness (QED) is 0.808. The summed E-state index contributed by atoms with van der Waals surface area (Å²) < 4.78 is 10.7. The van der Waals surface area contributed by atoms with Gasteiger partial charge in [-0.3, -0.25) is 0 Å². The Labute approximate surface area is 108 Å². The van der Waals surface area contributed by atoms with Crippen LogP contribution < -0.4 is 20.5 Å². The molecule has 0 aliphatic carbocycles. The van der Waals surface area contributed by atoms with Crippen LogP contribution in [0.4, 0.5) is 0 Å². The second-order valence-corrected chi connectivity index (χ2v) is 4.77. The third-order valence-corrected chi connectivity index (χ3v) is 3.49. The minimum Gasteiger partial charge on any atom is -0.454 e. The number of rotatable bonds is 6. The fourth-order valence-corrected chi connectivity index (χ4v) is 2.08. The van der Waals surface area contributed by atoms with Gasteiger partial charge in [0.25, 0.3) is 0 Å². The molecule has 0 radical (unpaired) electrons. The lowest BCUT2D eigenvalue weighted by Crippen LogP contribution is -2.27. The van der Waals surface area contributed by atoms with Crippen LogP contribution >= 0.6 is 0 Å². The SMILES string of the molecule is CCC(CN)CNCc1cc2c(cc1C)OCO2. The summed E-state index contributed by atoms with van der Waals surface area (Å²) in [7, 11) is 0. The Hall–Kier alpha value is -1.26. The van der Waals surface area contributed by atoms with E-state index in [4.69, 9.17) is 15.2 Å². The molecule has 1 aromatic rings. The third kappa shape index (κ3) is 2.94. The second-order valence-electron chi connectivity index (χ2n) is 4.77. The molecule has 2 rings (SSSR count). The number of benzene rings is 1. The van der Waals surface area contributed by atoms with Crippen molar-refractivity contribution in [3.63, 3.8) is 0 Å². The maximum Gasteiger partial charge on any atom is 0.231 e. The molecule has 4 nitrogen and oxygen atoms in total. The van der Waals surface area contributed by atoms with E-state index in [9.17, 15) is 0 Å². The molecule has 3 N–H and O–H groups in total. The van der Waals surface area contributed by atoms with Crippen LogP contribution in [0.5, 0.6) is 11.5 Å². The van der Waals surface area contributed by atoms with Crippen LogP contribution in [0.2, 0.25) is 0 Å². The average Bonchev–Trinajstić information content (AvgIpc) is 2.81. The normalized spacial score (nSPS) is 14.8. The summed E-state index contributed by atoms with van der Waals surface area (Å²) in [4.78, 5) is 0. The zero-order valence-corrected chi connectivity index (χ0v) is 11.2. The van der Waals surface area contributed by atoms with E-state index >= 15 is 0 Å². The molecular weight excluding hydrogens is 228 g/mol. The lowest BCUT2D eigenvalue weighted by atomic mass is 10.1. The maximum atomic E-state index is 5.69. The number of ether oxygens (including phenoxy) is 2. The molecule has 0 aromatic heterocycles. The minimum atomic E-state index is 0.330. The summed E-state index contributed by atoms with van der Waals surface area (Å²) >= 11 is 0. The summed E-state index contributed by atoms with van der Waals surface area (Å²) in [5.74, 6) is 2.26. The smallest absolute Gasteiger partial charge is 0.231 e. The fraction of sp³-hybridized carbons (Fsp3) is 0.571. The first-order chi connectivity index (χ1) is 8.74. The molecule has 0 saturated carbocycles. The maximum absolute atomic E-state index is 5.69. The molecule has 0 amide bonds. The number of aryl methyl sites for hydroxylation is 1. The molecule has 18 heavy (non-hydrogen) atoms. The monoisotopic (exact) mass is 250 g/mol. The van der Waals surface area contributed by atoms with Crippen LogP contribution in [-0.4, -0.2) is 19.9 Å². The van der Waals surface area contributed by atoms with Crippen molar-refractivity contribution in [2.75, 3.05) is 19.9 Å². The molecule has 0 spiro atoms. The third-order valence-electron chi connectivity index (χ3n) is 3.49. The molecule has 1 aliphatic rings. The summed E-state index contributed by atoms with van der Waals surface area (Å²) in [5, 5.41) is 3.46. The predicted octanol–water partition coefficient (Wildman–Crippen LogP) is 1.80. The molecule has 4 heteroatoms. The van der Waals surface area contributed by atoms with E-state index in [1.807, 2.05) is 6.07 Å². The van der Waals surface area contributed by atoms with Gasteiger partial charge in [-0.2, -0.15) is 0 Å². The molecule has 1 aromatic carbocycles. The molecule has 0 bridgehead atoms. The highest BCUT2D eigenvalue weighted by molar-refractivity contribution is 5.48. The van der Waals surface area contributed by atoms with Gasteiger partial charge in [-0.25, -0.2) is 0 Å². The van der Waals surface area contributed by atoms with E-state index in [1.54, 1.807) is 0 Å². The number of nitrogens with two attached hydrogens (primary N) is 1. The van der Waals surface area contributed by atoms with Gasteiger partial charge in [-0.1, -0.05) is 13.3 Å². The molecule has 0 fully saturated rings. The lowest BCUT2D eigenvalue weighted by molar-refractivity contribution is 0.174. The van der Waals surface area contributed by atoms with E-state index in [2.05, 4.69) is 25.2 Å². The van der Waals surface area contributed by atoms with Gasteiger partial charge < -0.3 is 20.5 Å². The van der Waals surface area contributed by atoms with Crippen molar-refractivity contribution in [2.24, 2.45) is 11.7 Å². The van der Waals surface area contributed by atoms with Crippen LogP contribution in [0.25, 0.3) is 0 Å². The molecular formula is C14H22N2O2. The van der Waals surface area contributed by atoms with Crippen molar-refractivity contribution in [3.05, 3.63) is 23.3 Å². The summed E-state index contributed by atoms with van der Waals surface area (Å²) in [5.41, 5.74) is 8.17. The van der Waals surface area contributed by atoms with Crippen molar-refractivity contribution in [1.29, 1.82) is 0 Å². The number of hydrogen-bond donors (Lipinski definition) is 2. The molecule has 1 aliphatic heterocycles. The summed E-state index contributed by atoms with van der Waals surface area (Å²) in [6.07, 6.45) is 1.11. The Morgan fingerprint density at radius 3 is 2.72 bits per heavy atom. The zero-order chi connectivity index (χ0) is 13.0. The minimum absolute atomic E-state index is 0.330. The number of hydrogen-bond acceptors (Lipinski definition) is 4. The van der Waals surface area contributed by atoms with E-state index in [1.165, 1.54) is 11.1 Å². The van der Waals surface area contributed by atoms with Crippen molar-refractivity contribution in [1.82, 2.24) is 5.32 Å². The van der Waals surface area contributed by atoms with Crippen LogP contribution in [0, 0.1) is 12.8 Å². The van der Waals surface area contributed by atoms with Gasteiger partial charge >= 0.3 is 0 Å². The first kappa shape index (κ1) is 13.2. The van der Waals surface area contributed by atoms with Gasteiger partial charge in [-0.15, -0.1) is 0 Å². The van der Waals surface area contributed by atoms with Gasteiger partial charge in [0.1, 0.15) is 0 Å². The van der Waals surface area contributed by atoms with Gasteiger partial charge in [0.2, 0.25) is 6.79 Å². The van der Waals surface area contributed by atoms with Crippen LogP contribution in [0.3, 0.4) is 0 Å². The summed E-state index contributed by atoms with van der Waals surface area (Å²) in [6.45, 7) is 7.14. The molecule has 1 atom stereocenters. The average molecular weight is 250 g/mol. The Morgan fingerprint density at radius 2 is 2.06 bits per heavy atom. The van der Waals surface area contributed by atoms with Crippen LogP contribution in [-0.2, 0) is 6.54 Å². The highest BCUT2D eigenvalue weighted by Crippen LogP contribution is 2.34. The standard InChI is InChI=1S/C14H22N2O2/c1-3-11(6-15)7-16-8-12-5-14-13(4-10(12)2)17-9-18-14/h4-5,11,16H,3,6-9,15H2,1-2H3. The van der Waals surface area contributed by atoms with Gasteiger partial charge in [0, 0.05) is 6.54 Å². The van der Waals surface area contributed by atoms with E-state index in [0.717, 1.165) is 37.6 Å². The van der Waals surface area contributed by atoms with Crippen molar-refractivity contribution >= 4 is 0 Å². The first-order valence-electron chi connectivity index (χ1n) is 6.54. The Kier molecular flexibility index (Phi) is 4.44. The number of fused-ring (bicyclic) bond motifs is 1. The Balaban J connectivity index is 1.93. The van der Waals surface area contributed by atoms with E-state index in [-0.39, 0.29) is 0 Å². The van der Waals surface area contributed by atoms with Gasteiger partial charge in [0.15, 0.2) is 11.5 Å². The van der Waals surface area contributed by atoms with Crippen LogP contribution in [0.1, 0.15) is 24.5 Å². The topological polar surface area (TPSA) is 56.5 Å². The number of nitrogens with one attached hydrogen (secondary N) is 1. The van der Waals surface area contributed by atoms with Crippen molar-refractivity contribution in [3.8, 4) is 11.5 Å². The molecule has 1 unspecified atom stereocenters. The highest BCUT2D eigenvalue weighted by atomic mass is 16.7.